The smallest absolute Gasteiger partial charge is 0.241 e. The Morgan fingerprint density at radius 1 is 1.12 bits per heavy atom. The van der Waals surface area contributed by atoms with Gasteiger partial charge in [-0.1, -0.05) is 36.4 Å². The molecule has 4 rings (SSSR count). The second kappa shape index (κ2) is 6.11. The average molecular weight is 319 g/mol. The van der Waals surface area contributed by atoms with Crippen LogP contribution in [0.3, 0.4) is 0 Å². The van der Waals surface area contributed by atoms with Crippen molar-refractivity contribution in [2.45, 2.75) is 32.6 Å². The number of aromatic nitrogens is 3. The van der Waals surface area contributed by atoms with Crippen molar-refractivity contribution in [3.05, 3.63) is 59.9 Å². The van der Waals surface area contributed by atoms with E-state index in [0.29, 0.717) is 18.4 Å². The average Bonchev–Trinajstić information content (AvgIpc) is 3.41. The van der Waals surface area contributed by atoms with Crippen LogP contribution in [0.1, 0.15) is 36.9 Å². The van der Waals surface area contributed by atoms with Gasteiger partial charge in [-0.2, -0.15) is 0 Å². The first-order valence-electron chi connectivity index (χ1n) is 8.52. The van der Waals surface area contributed by atoms with Crippen LogP contribution in [-0.2, 0) is 0 Å². The molecule has 0 N–H and O–H groups in total. The molecule has 1 aliphatic carbocycles. The quantitative estimate of drug-likeness (QED) is 0.694. The first-order valence-corrected chi connectivity index (χ1v) is 8.52. The third-order valence-electron chi connectivity index (χ3n) is 4.46. The molecular formula is C20H21N3O. The van der Waals surface area contributed by atoms with Gasteiger partial charge in [0.15, 0.2) is 5.82 Å². The van der Waals surface area contributed by atoms with Gasteiger partial charge in [-0.05, 0) is 49.8 Å². The summed E-state index contributed by atoms with van der Waals surface area (Å²) in [6.45, 7) is 4.63. The lowest BCUT2D eigenvalue weighted by Crippen LogP contribution is -2.02. The molecule has 4 nitrogen and oxygen atoms in total. The van der Waals surface area contributed by atoms with E-state index in [4.69, 9.17) is 4.74 Å². The largest absolute Gasteiger partial charge is 0.476 e. The van der Waals surface area contributed by atoms with Crippen molar-refractivity contribution in [3.63, 3.8) is 0 Å². The maximum atomic E-state index is 5.79. The van der Waals surface area contributed by atoms with E-state index in [0.717, 1.165) is 22.6 Å². The number of nitrogens with zero attached hydrogens (tertiary/aromatic N) is 3. The van der Waals surface area contributed by atoms with Crippen molar-refractivity contribution >= 4 is 0 Å². The summed E-state index contributed by atoms with van der Waals surface area (Å²) in [5.41, 5.74) is 4.51. The van der Waals surface area contributed by atoms with Gasteiger partial charge in [0.1, 0.15) is 0 Å². The van der Waals surface area contributed by atoms with E-state index >= 15 is 0 Å². The molecule has 122 valence electrons. The number of hydrogen-bond acceptors (Lipinski definition) is 3. The fraction of sp³-hybridized carbons (Fsp3) is 0.300. The van der Waals surface area contributed by atoms with E-state index in [-0.39, 0.29) is 0 Å². The standard InChI is InChI=1S/C20H21N3O/c1-3-24-20-19(16-7-5-4-6-8-16)14(2)23(22-20)18-12-11-17(13-21-18)15-9-10-15/h4-8,11-13,15H,3,9-10H2,1-2H3. The van der Waals surface area contributed by atoms with Crippen LogP contribution in [0.15, 0.2) is 48.7 Å². The molecule has 0 atom stereocenters. The van der Waals surface area contributed by atoms with Crippen LogP contribution in [-0.4, -0.2) is 21.4 Å². The maximum absolute atomic E-state index is 5.79. The molecule has 0 radical (unpaired) electrons. The van der Waals surface area contributed by atoms with Gasteiger partial charge >= 0.3 is 0 Å². The van der Waals surface area contributed by atoms with Crippen molar-refractivity contribution in [1.82, 2.24) is 14.8 Å². The van der Waals surface area contributed by atoms with Crippen LogP contribution < -0.4 is 4.74 Å². The van der Waals surface area contributed by atoms with Crippen LogP contribution in [0.2, 0.25) is 0 Å². The summed E-state index contributed by atoms with van der Waals surface area (Å²) in [6, 6.07) is 14.5. The van der Waals surface area contributed by atoms with Gasteiger partial charge in [0.05, 0.1) is 17.9 Å². The fourth-order valence-electron chi connectivity index (χ4n) is 3.06. The molecule has 2 aromatic heterocycles. The van der Waals surface area contributed by atoms with Gasteiger partial charge in [-0.3, -0.25) is 0 Å². The minimum absolute atomic E-state index is 0.588. The number of benzene rings is 1. The molecule has 24 heavy (non-hydrogen) atoms. The molecule has 0 amide bonds. The monoisotopic (exact) mass is 319 g/mol. The SMILES string of the molecule is CCOc1nn(-c2ccc(C3CC3)cn2)c(C)c1-c1ccccc1. The zero-order valence-electron chi connectivity index (χ0n) is 14.1. The Kier molecular flexibility index (Phi) is 3.81. The third kappa shape index (κ3) is 2.68. The molecule has 2 heterocycles. The van der Waals surface area contributed by atoms with Crippen LogP contribution in [0.4, 0.5) is 0 Å². The Balaban J connectivity index is 1.78. The predicted octanol–water partition coefficient (Wildman–Crippen LogP) is 4.52. The summed E-state index contributed by atoms with van der Waals surface area (Å²) >= 11 is 0. The number of ether oxygens (including phenoxy) is 1. The summed E-state index contributed by atoms with van der Waals surface area (Å²) in [5.74, 6) is 2.21. The van der Waals surface area contributed by atoms with E-state index in [2.05, 4.69) is 41.3 Å². The normalized spacial score (nSPS) is 13.9. The summed E-state index contributed by atoms with van der Waals surface area (Å²) in [6.07, 6.45) is 4.56. The van der Waals surface area contributed by atoms with Gasteiger partial charge in [0, 0.05) is 6.20 Å². The van der Waals surface area contributed by atoms with Gasteiger partial charge in [0.25, 0.3) is 0 Å². The van der Waals surface area contributed by atoms with Gasteiger partial charge in [-0.15, -0.1) is 5.10 Å². The lowest BCUT2D eigenvalue weighted by molar-refractivity contribution is 0.325. The Bertz CT molecular complexity index is 833. The Morgan fingerprint density at radius 3 is 2.54 bits per heavy atom. The molecule has 4 heteroatoms. The highest BCUT2D eigenvalue weighted by Gasteiger charge is 2.24. The summed E-state index contributed by atoms with van der Waals surface area (Å²) < 4.78 is 7.67. The van der Waals surface area contributed by atoms with Crippen LogP contribution in [0.5, 0.6) is 5.88 Å². The molecule has 0 unspecified atom stereocenters. The Morgan fingerprint density at radius 2 is 1.92 bits per heavy atom. The number of pyridine rings is 1. The molecule has 3 aromatic rings. The molecule has 0 aliphatic heterocycles. The Hall–Kier alpha value is -2.62. The minimum atomic E-state index is 0.588. The molecule has 0 spiro atoms. The van der Waals surface area contributed by atoms with E-state index in [9.17, 15) is 0 Å². The van der Waals surface area contributed by atoms with Crippen LogP contribution in [0, 0.1) is 6.92 Å². The molecule has 1 aromatic carbocycles. The first kappa shape index (κ1) is 14.9. The van der Waals surface area contributed by atoms with Gasteiger partial charge in [0.2, 0.25) is 5.88 Å². The molecule has 1 saturated carbocycles. The second-order valence-electron chi connectivity index (χ2n) is 6.20. The molecule has 1 aliphatic rings. The van der Waals surface area contributed by atoms with Gasteiger partial charge in [-0.25, -0.2) is 9.67 Å². The van der Waals surface area contributed by atoms with Crippen molar-refractivity contribution in [3.8, 4) is 22.8 Å². The molecule has 0 bridgehead atoms. The zero-order valence-corrected chi connectivity index (χ0v) is 14.1. The predicted molar refractivity (Wildman–Crippen MR) is 94.7 cm³/mol. The van der Waals surface area contributed by atoms with Crippen molar-refractivity contribution in [2.24, 2.45) is 0 Å². The Labute approximate surface area is 142 Å². The number of rotatable bonds is 5. The maximum Gasteiger partial charge on any atom is 0.241 e. The van der Waals surface area contributed by atoms with Crippen LogP contribution in [0.25, 0.3) is 16.9 Å². The lowest BCUT2D eigenvalue weighted by atomic mass is 10.1. The van der Waals surface area contributed by atoms with E-state index < -0.39 is 0 Å². The minimum Gasteiger partial charge on any atom is -0.476 e. The van der Waals surface area contributed by atoms with Crippen molar-refractivity contribution < 1.29 is 4.74 Å². The van der Waals surface area contributed by atoms with E-state index in [1.165, 1.54) is 18.4 Å². The highest BCUT2D eigenvalue weighted by Crippen LogP contribution is 2.40. The highest BCUT2D eigenvalue weighted by molar-refractivity contribution is 5.71. The second-order valence-corrected chi connectivity index (χ2v) is 6.20. The highest BCUT2D eigenvalue weighted by atomic mass is 16.5. The third-order valence-corrected chi connectivity index (χ3v) is 4.46. The first-order chi connectivity index (χ1) is 11.8. The molecule has 0 saturated heterocycles. The van der Waals surface area contributed by atoms with E-state index in [1.807, 2.05) is 36.0 Å². The van der Waals surface area contributed by atoms with Crippen molar-refractivity contribution in [2.75, 3.05) is 6.61 Å². The number of hydrogen-bond donors (Lipinski definition) is 0. The van der Waals surface area contributed by atoms with Crippen molar-refractivity contribution in [1.29, 1.82) is 0 Å². The van der Waals surface area contributed by atoms with E-state index in [1.54, 1.807) is 0 Å². The van der Waals surface area contributed by atoms with Gasteiger partial charge < -0.3 is 4.74 Å². The fourth-order valence-corrected chi connectivity index (χ4v) is 3.06. The molecule has 1 fully saturated rings. The van der Waals surface area contributed by atoms with Crippen LogP contribution >= 0.6 is 0 Å². The zero-order chi connectivity index (χ0) is 16.5. The summed E-state index contributed by atoms with van der Waals surface area (Å²) in [4.78, 5) is 4.62. The molecular weight excluding hydrogens is 298 g/mol. The lowest BCUT2D eigenvalue weighted by Gasteiger charge is -2.05. The summed E-state index contributed by atoms with van der Waals surface area (Å²) in [7, 11) is 0. The topological polar surface area (TPSA) is 39.9 Å². The summed E-state index contributed by atoms with van der Waals surface area (Å²) in [5, 5.41) is 4.67.